The van der Waals surface area contributed by atoms with E-state index in [9.17, 15) is 9.90 Å². The zero-order valence-electron chi connectivity index (χ0n) is 17.9. The van der Waals surface area contributed by atoms with Crippen LogP contribution in [0.4, 0.5) is 0 Å². The van der Waals surface area contributed by atoms with Crippen LogP contribution in [0.5, 0.6) is 0 Å². The molecule has 0 spiro atoms. The summed E-state index contributed by atoms with van der Waals surface area (Å²) >= 11 is 4.24. The number of hydrogen-bond acceptors (Lipinski definition) is 5. The number of carbonyl (C=O) groups excluding carboxylic acids is 1. The predicted octanol–water partition coefficient (Wildman–Crippen LogP) is 4.29. The first-order valence-corrected chi connectivity index (χ1v) is 11.6. The van der Waals surface area contributed by atoms with E-state index in [0.717, 1.165) is 12.2 Å². The molecular weight excluding hydrogens is 374 g/mol. The predicted molar refractivity (Wildman–Crippen MR) is 120 cm³/mol. The highest BCUT2D eigenvalue weighted by molar-refractivity contribution is 7.80. The lowest BCUT2D eigenvalue weighted by atomic mass is 10.1. The highest BCUT2D eigenvalue weighted by Gasteiger charge is 2.09. The van der Waals surface area contributed by atoms with E-state index in [1.54, 1.807) is 7.11 Å². The number of unbranched alkanes of at least 4 members (excludes halogenated alkanes) is 10. The molecule has 0 aliphatic carbocycles. The van der Waals surface area contributed by atoms with Gasteiger partial charge in [0, 0.05) is 7.11 Å². The second kappa shape index (κ2) is 22.7. The van der Waals surface area contributed by atoms with E-state index in [-0.39, 0.29) is 25.2 Å². The maximum absolute atomic E-state index is 11.7. The van der Waals surface area contributed by atoms with Crippen molar-refractivity contribution >= 4 is 18.5 Å². The number of ether oxygens (including phenoxy) is 2. The molecule has 0 fully saturated rings. The molecule has 2 N–H and O–H groups in total. The molecule has 6 heteroatoms. The average molecular weight is 418 g/mol. The molecule has 0 aliphatic rings. The van der Waals surface area contributed by atoms with Crippen LogP contribution in [-0.4, -0.2) is 56.3 Å². The molecule has 0 radical (unpaired) electrons. The molecule has 1 atom stereocenters. The van der Waals surface area contributed by atoms with Gasteiger partial charge in [-0.2, -0.15) is 12.6 Å². The van der Waals surface area contributed by atoms with Crippen molar-refractivity contribution in [1.82, 2.24) is 5.32 Å². The van der Waals surface area contributed by atoms with E-state index in [1.165, 1.54) is 64.2 Å². The second-order valence-corrected chi connectivity index (χ2v) is 7.69. The molecule has 0 saturated carbocycles. The number of allylic oxidation sites excluding steroid dienone is 1. The third-order valence-electron chi connectivity index (χ3n) is 4.62. The maximum Gasteiger partial charge on any atom is 0.246 e. The average Bonchev–Trinajstić information content (AvgIpc) is 2.70. The summed E-state index contributed by atoms with van der Waals surface area (Å²) < 4.78 is 10.0. The van der Waals surface area contributed by atoms with Crippen molar-refractivity contribution in [2.75, 3.05) is 39.3 Å². The third kappa shape index (κ3) is 20.2. The van der Waals surface area contributed by atoms with Crippen LogP contribution in [0.1, 0.15) is 77.0 Å². The molecule has 0 aromatic rings. The molecule has 0 rings (SSSR count). The number of aliphatic hydroxyl groups excluding tert-OH is 1. The Kier molecular flexibility index (Phi) is 22.3. The van der Waals surface area contributed by atoms with Crippen molar-refractivity contribution in [2.45, 2.75) is 83.1 Å². The van der Waals surface area contributed by atoms with Crippen LogP contribution < -0.4 is 5.32 Å². The summed E-state index contributed by atoms with van der Waals surface area (Å²) in [5.74, 6) is 0.818. The highest BCUT2D eigenvalue weighted by Crippen LogP contribution is 2.11. The quantitative estimate of drug-likeness (QED) is 0.148. The van der Waals surface area contributed by atoms with Gasteiger partial charge in [-0.3, -0.25) is 4.79 Å². The lowest BCUT2D eigenvalue weighted by Gasteiger charge is -2.14. The SMILES string of the molecule is COCCOCC(=O)NC(CO)C/C=C/CCCCCCCCCCCCS. The molecule has 0 heterocycles. The molecule has 0 saturated heterocycles. The molecule has 5 nitrogen and oxygen atoms in total. The van der Waals surface area contributed by atoms with Gasteiger partial charge in [-0.1, -0.05) is 63.5 Å². The monoisotopic (exact) mass is 417 g/mol. The van der Waals surface area contributed by atoms with Gasteiger partial charge in [0.05, 0.1) is 25.9 Å². The molecule has 28 heavy (non-hydrogen) atoms. The van der Waals surface area contributed by atoms with Crippen LogP contribution in [0.25, 0.3) is 0 Å². The molecule has 0 bridgehead atoms. The molecular formula is C22H43NO4S. The maximum atomic E-state index is 11.7. The standard InChI is InChI=1S/C22H43NO4S/c1-26-16-17-27-20-22(25)23-21(19-24)15-13-11-9-7-5-3-2-4-6-8-10-12-14-18-28/h11,13,21,24,28H,2-10,12,14-20H2,1H3,(H,23,25)/b13-11+. The Morgan fingerprint density at radius 3 is 2.14 bits per heavy atom. The van der Waals surface area contributed by atoms with Crippen LogP contribution in [0.3, 0.4) is 0 Å². The third-order valence-corrected chi connectivity index (χ3v) is 4.93. The Hall–Kier alpha value is -0.560. The van der Waals surface area contributed by atoms with Gasteiger partial charge in [0.25, 0.3) is 0 Å². The minimum atomic E-state index is -0.248. The second-order valence-electron chi connectivity index (χ2n) is 7.25. The molecule has 0 aliphatic heterocycles. The van der Waals surface area contributed by atoms with Crippen molar-refractivity contribution in [2.24, 2.45) is 0 Å². The Morgan fingerprint density at radius 2 is 1.57 bits per heavy atom. The van der Waals surface area contributed by atoms with Crippen LogP contribution >= 0.6 is 12.6 Å². The molecule has 166 valence electrons. The van der Waals surface area contributed by atoms with E-state index in [2.05, 4.69) is 30.1 Å². The van der Waals surface area contributed by atoms with Crippen molar-refractivity contribution < 1.29 is 19.4 Å². The van der Waals surface area contributed by atoms with Gasteiger partial charge in [-0.15, -0.1) is 0 Å². The summed E-state index contributed by atoms with van der Waals surface area (Å²) in [6.07, 6.45) is 19.1. The molecule has 1 amide bonds. The lowest BCUT2D eigenvalue weighted by Crippen LogP contribution is -2.39. The van der Waals surface area contributed by atoms with Crippen molar-refractivity contribution in [3.63, 3.8) is 0 Å². The van der Waals surface area contributed by atoms with Gasteiger partial charge in [-0.25, -0.2) is 0 Å². The van der Waals surface area contributed by atoms with E-state index >= 15 is 0 Å². The van der Waals surface area contributed by atoms with Crippen LogP contribution in [0, 0.1) is 0 Å². The number of nitrogens with one attached hydrogen (secondary N) is 1. The van der Waals surface area contributed by atoms with Gasteiger partial charge < -0.3 is 19.9 Å². The van der Waals surface area contributed by atoms with Gasteiger partial charge in [-0.05, 0) is 31.4 Å². The van der Waals surface area contributed by atoms with Crippen molar-refractivity contribution in [3.8, 4) is 0 Å². The number of amides is 1. The lowest BCUT2D eigenvalue weighted by molar-refractivity contribution is -0.127. The summed E-state index contributed by atoms with van der Waals surface area (Å²) in [6, 6.07) is -0.248. The van der Waals surface area contributed by atoms with Crippen LogP contribution in [-0.2, 0) is 14.3 Å². The number of thiol groups is 1. The Bertz CT molecular complexity index is 366. The highest BCUT2D eigenvalue weighted by atomic mass is 32.1. The molecule has 1 unspecified atom stereocenters. The molecule has 0 aromatic carbocycles. The minimum Gasteiger partial charge on any atom is -0.394 e. The van der Waals surface area contributed by atoms with E-state index in [4.69, 9.17) is 9.47 Å². The first-order chi connectivity index (χ1) is 13.7. The zero-order valence-corrected chi connectivity index (χ0v) is 18.8. The topological polar surface area (TPSA) is 67.8 Å². The summed E-state index contributed by atoms with van der Waals surface area (Å²) in [7, 11) is 1.59. The minimum absolute atomic E-state index is 0.000760. The van der Waals surface area contributed by atoms with Gasteiger partial charge in [0.1, 0.15) is 6.61 Å². The largest absolute Gasteiger partial charge is 0.394 e. The first kappa shape index (κ1) is 27.4. The smallest absolute Gasteiger partial charge is 0.246 e. The molecule has 0 aromatic heterocycles. The fraction of sp³-hybridized carbons (Fsp3) is 0.864. The number of methoxy groups -OCH3 is 1. The zero-order chi connectivity index (χ0) is 20.7. The summed E-state index contributed by atoms with van der Waals surface area (Å²) in [5.41, 5.74) is 0. The van der Waals surface area contributed by atoms with Gasteiger partial charge in [0.15, 0.2) is 0 Å². The normalized spacial score (nSPS) is 12.5. The van der Waals surface area contributed by atoms with E-state index in [0.29, 0.717) is 19.6 Å². The first-order valence-electron chi connectivity index (χ1n) is 11.0. The van der Waals surface area contributed by atoms with Crippen molar-refractivity contribution in [1.29, 1.82) is 0 Å². The van der Waals surface area contributed by atoms with Crippen LogP contribution in [0.2, 0.25) is 0 Å². The summed E-state index contributed by atoms with van der Waals surface area (Å²) in [4.78, 5) is 11.7. The van der Waals surface area contributed by atoms with Gasteiger partial charge in [0.2, 0.25) is 5.91 Å². The number of aliphatic hydroxyl groups is 1. The number of rotatable bonds is 21. The Balaban J connectivity index is 3.49. The number of carbonyl (C=O) groups is 1. The van der Waals surface area contributed by atoms with E-state index in [1.807, 2.05) is 0 Å². The van der Waals surface area contributed by atoms with Crippen LogP contribution in [0.15, 0.2) is 12.2 Å². The fourth-order valence-electron chi connectivity index (χ4n) is 2.92. The summed E-state index contributed by atoms with van der Waals surface area (Å²) in [5, 5.41) is 12.2. The fourth-order valence-corrected chi connectivity index (χ4v) is 3.15. The van der Waals surface area contributed by atoms with Crippen molar-refractivity contribution in [3.05, 3.63) is 12.2 Å². The Morgan fingerprint density at radius 1 is 0.964 bits per heavy atom. The Labute approximate surface area is 178 Å². The van der Waals surface area contributed by atoms with E-state index < -0.39 is 0 Å². The number of hydrogen-bond donors (Lipinski definition) is 3. The summed E-state index contributed by atoms with van der Waals surface area (Å²) in [6.45, 7) is 0.794. The van der Waals surface area contributed by atoms with Gasteiger partial charge >= 0.3 is 0 Å².